The molecule has 3 N–H and O–H groups in total. The van der Waals surface area contributed by atoms with Crippen LogP contribution in [0.15, 0.2) is 55.3 Å². The van der Waals surface area contributed by atoms with E-state index in [2.05, 4.69) is 31.0 Å². The largest absolute Gasteiger partial charge is 0.419 e. The van der Waals surface area contributed by atoms with Gasteiger partial charge in [-0.15, -0.1) is 5.53 Å². The molecule has 0 atom stereocenters. The normalized spacial score (nSPS) is 15.8. The molecule has 3 aromatic rings. The Kier molecular flexibility index (Phi) is 8.08. The zero-order chi connectivity index (χ0) is 29.1. The summed E-state index contributed by atoms with van der Waals surface area (Å²) in [5.41, 5.74) is 4.52. The first-order valence-electron chi connectivity index (χ1n) is 13.2. The van der Waals surface area contributed by atoms with Gasteiger partial charge in [-0.3, -0.25) is 14.8 Å². The first kappa shape index (κ1) is 28.3. The van der Waals surface area contributed by atoms with Gasteiger partial charge in [-0.05, 0) is 62.7 Å². The first-order valence-corrected chi connectivity index (χ1v) is 13.2. The summed E-state index contributed by atoms with van der Waals surface area (Å²) in [7, 11) is 1.82. The second kappa shape index (κ2) is 11.7. The predicted molar refractivity (Wildman–Crippen MR) is 148 cm³/mol. The number of halogens is 4. The van der Waals surface area contributed by atoms with E-state index >= 15 is 0 Å². The Morgan fingerprint density at radius 1 is 1.10 bits per heavy atom. The van der Waals surface area contributed by atoms with Crippen LogP contribution in [0.5, 0.6) is 0 Å². The van der Waals surface area contributed by atoms with E-state index in [0.29, 0.717) is 24.0 Å². The van der Waals surface area contributed by atoms with Crippen LogP contribution in [0.3, 0.4) is 0 Å². The summed E-state index contributed by atoms with van der Waals surface area (Å²) in [4.78, 5) is 23.4. The van der Waals surface area contributed by atoms with Crippen molar-refractivity contribution in [2.24, 2.45) is 0 Å². The molecule has 13 heteroatoms. The van der Waals surface area contributed by atoms with Crippen LogP contribution in [0.2, 0.25) is 0 Å². The van der Waals surface area contributed by atoms with Crippen molar-refractivity contribution in [2.45, 2.75) is 25.9 Å². The van der Waals surface area contributed by atoms with Gasteiger partial charge >= 0.3 is 6.18 Å². The molecular formula is C28H30F4N8O. The maximum atomic E-state index is 14.8. The summed E-state index contributed by atoms with van der Waals surface area (Å²) < 4.78 is 55.9. The minimum Gasteiger partial charge on any atom is -0.381 e. The summed E-state index contributed by atoms with van der Waals surface area (Å²) in [6.07, 6.45) is 3.79. The van der Waals surface area contributed by atoms with Gasteiger partial charge in [0.15, 0.2) is 5.82 Å². The van der Waals surface area contributed by atoms with Crippen molar-refractivity contribution < 1.29 is 22.4 Å². The first-order chi connectivity index (χ1) is 19.6. The second-order valence-corrected chi connectivity index (χ2v) is 9.98. The van der Waals surface area contributed by atoms with E-state index in [1.807, 2.05) is 20.2 Å². The molecule has 0 saturated carbocycles. The van der Waals surface area contributed by atoms with Gasteiger partial charge in [0, 0.05) is 55.5 Å². The molecular weight excluding hydrogens is 540 g/mol. The number of hydrogen-bond donors (Lipinski definition) is 3. The molecule has 3 heterocycles. The number of aryl methyl sites for hydroxylation is 1. The molecule has 5 rings (SSSR count). The van der Waals surface area contributed by atoms with E-state index in [1.165, 1.54) is 6.33 Å². The van der Waals surface area contributed by atoms with Crippen LogP contribution in [0.1, 0.15) is 39.9 Å². The lowest BCUT2D eigenvalue weighted by atomic mass is 10.1. The fourth-order valence-electron chi connectivity index (χ4n) is 4.87. The van der Waals surface area contributed by atoms with Crippen molar-refractivity contribution in [2.75, 3.05) is 48.9 Å². The van der Waals surface area contributed by atoms with Crippen molar-refractivity contribution in [1.29, 1.82) is 0 Å². The van der Waals surface area contributed by atoms with Crippen molar-refractivity contribution in [3.63, 3.8) is 0 Å². The number of amides is 1. The Morgan fingerprint density at radius 2 is 1.83 bits per heavy atom. The molecule has 2 aliphatic rings. The molecule has 1 fully saturated rings. The number of anilines is 3. The van der Waals surface area contributed by atoms with Crippen LogP contribution < -0.4 is 21.2 Å². The summed E-state index contributed by atoms with van der Waals surface area (Å²) in [5, 5.41) is 8.93. The number of hydrazine groups is 2. The summed E-state index contributed by atoms with van der Waals surface area (Å²) >= 11 is 0. The third-order valence-corrected chi connectivity index (χ3v) is 7.04. The monoisotopic (exact) mass is 570 g/mol. The van der Waals surface area contributed by atoms with Crippen molar-refractivity contribution >= 4 is 28.7 Å². The molecule has 41 heavy (non-hydrogen) atoms. The molecule has 0 aliphatic carbocycles. The lowest BCUT2D eigenvalue weighted by Crippen LogP contribution is -2.38. The van der Waals surface area contributed by atoms with Gasteiger partial charge in [-0.25, -0.2) is 14.4 Å². The van der Waals surface area contributed by atoms with Crippen LogP contribution in [-0.4, -0.2) is 59.0 Å². The number of carbonyl (C=O) groups excluding carboxylic acids is 1. The van der Waals surface area contributed by atoms with Crippen LogP contribution in [-0.2, 0) is 6.18 Å². The predicted octanol–water partition coefficient (Wildman–Crippen LogP) is 4.87. The number of hydrogen-bond acceptors (Lipinski definition) is 8. The number of alkyl halides is 3. The highest BCUT2D eigenvalue weighted by atomic mass is 19.4. The maximum absolute atomic E-state index is 14.8. The summed E-state index contributed by atoms with van der Waals surface area (Å²) in [6, 6.07) is 6.78. The smallest absolute Gasteiger partial charge is 0.381 e. The Bertz CT molecular complexity index is 1440. The molecule has 0 spiro atoms. The number of rotatable bonds is 8. The zero-order valence-electron chi connectivity index (χ0n) is 22.6. The third-order valence-electron chi connectivity index (χ3n) is 7.04. The SMILES string of the molecule is Cc1ccc(NC(=O)c2cc(NCCN3CCCC3)c(F)c(C(F)(F)F)c2)cc1N1C=C(c2cncnc2)N(C)N1. The quantitative estimate of drug-likeness (QED) is 0.331. The molecule has 1 amide bonds. The molecule has 2 aromatic carbocycles. The van der Waals surface area contributed by atoms with Crippen molar-refractivity contribution in [3.8, 4) is 0 Å². The second-order valence-electron chi connectivity index (χ2n) is 9.98. The average molecular weight is 571 g/mol. The van der Waals surface area contributed by atoms with Gasteiger partial charge in [-0.1, -0.05) is 6.07 Å². The molecule has 0 bridgehead atoms. The highest BCUT2D eigenvalue weighted by Crippen LogP contribution is 2.36. The minimum absolute atomic E-state index is 0.252. The van der Waals surface area contributed by atoms with Gasteiger partial charge in [0.2, 0.25) is 0 Å². The average Bonchev–Trinajstić information content (AvgIpc) is 3.60. The lowest BCUT2D eigenvalue weighted by Gasteiger charge is -2.23. The Hall–Kier alpha value is -4.23. The molecule has 1 saturated heterocycles. The third kappa shape index (κ3) is 6.41. The van der Waals surface area contributed by atoms with Gasteiger partial charge in [0.25, 0.3) is 5.91 Å². The fraction of sp³-hybridized carbons (Fsp3) is 0.321. The Balaban J connectivity index is 1.36. The van der Waals surface area contributed by atoms with E-state index in [1.54, 1.807) is 40.6 Å². The standard InChI is InChI=1S/C28H30F4N8O/c1-18-5-6-21(13-24(18)40-16-25(38(2)37-40)20-14-33-17-34-15-20)36-27(41)19-11-22(28(30,31)32)26(29)23(12-19)35-7-10-39-8-3-4-9-39/h5-6,11-17,35,37H,3-4,7-10H2,1-2H3,(H,36,41). The number of likely N-dealkylation sites (tertiary alicyclic amines) is 1. The molecule has 0 unspecified atom stereocenters. The highest BCUT2D eigenvalue weighted by Gasteiger charge is 2.36. The molecule has 9 nitrogen and oxygen atoms in total. The molecule has 1 aromatic heterocycles. The summed E-state index contributed by atoms with van der Waals surface area (Å²) in [6.45, 7) is 4.51. The van der Waals surface area contributed by atoms with E-state index in [-0.39, 0.29) is 17.8 Å². The lowest BCUT2D eigenvalue weighted by molar-refractivity contribution is -0.139. The number of nitrogens with zero attached hydrogens (tertiary/aromatic N) is 5. The van der Waals surface area contributed by atoms with E-state index in [4.69, 9.17) is 0 Å². The van der Waals surface area contributed by atoms with E-state index in [0.717, 1.165) is 48.8 Å². The van der Waals surface area contributed by atoms with Crippen LogP contribution in [0.25, 0.3) is 5.70 Å². The molecule has 0 radical (unpaired) electrons. The van der Waals surface area contributed by atoms with Crippen LogP contribution in [0, 0.1) is 12.7 Å². The highest BCUT2D eigenvalue weighted by molar-refractivity contribution is 6.05. The topological polar surface area (TPSA) is 88.7 Å². The van der Waals surface area contributed by atoms with E-state index < -0.39 is 23.5 Å². The fourth-order valence-corrected chi connectivity index (χ4v) is 4.87. The number of aromatic nitrogens is 2. The van der Waals surface area contributed by atoms with Gasteiger partial charge < -0.3 is 15.5 Å². The molecule has 2 aliphatic heterocycles. The Morgan fingerprint density at radius 3 is 2.54 bits per heavy atom. The van der Waals surface area contributed by atoms with Gasteiger partial charge in [0.1, 0.15) is 6.33 Å². The molecule has 216 valence electrons. The van der Waals surface area contributed by atoms with Crippen LogP contribution >= 0.6 is 0 Å². The minimum atomic E-state index is -4.97. The van der Waals surface area contributed by atoms with Crippen molar-refractivity contribution in [3.05, 3.63) is 83.3 Å². The number of nitrogens with one attached hydrogen (secondary N) is 3. The summed E-state index contributed by atoms with van der Waals surface area (Å²) in [5.74, 6) is -2.22. The maximum Gasteiger partial charge on any atom is 0.419 e. The van der Waals surface area contributed by atoms with Crippen LogP contribution in [0.4, 0.5) is 34.6 Å². The zero-order valence-corrected chi connectivity index (χ0v) is 22.6. The Labute approximate surface area is 234 Å². The van der Waals surface area contributed by atoms with Gasteiger partial charge in [-0.2, -0.15) is 13.2 Å². The van der Waals surface area contributed by atoms with Gasteiger partial charge in [0.05, 0.1) is 22.6 Å². The number of carbonyl (C=O) groups is 1. The van der Waals surface area contributed by atoms with Crippen molar-refractivity contribution in [1.82, 2.24) is 25.4 Å². The van der Waals surface area contributed by atoms with E-state index in [9.17, 15) is 22.4 Å². The number of benzene rings is 2.